The molecule has 0 spiro atoms. The van der Waals surface area contributed by atoms with Gasteiger partial charge in [-0.3, -0.25) is 4.79 Å². The number of carbonyl (C=O) groups is 2. The number of rotatable bonds is 8. The van der Waals surface area contributed by atoms with Crippen LogP contribution in [-0.4, -0.2) is 18.5 Å². The molecule has 0 aliphatic heterocycles. The van der Waals surface area contributed by atoms with E-state index in [4.69, 9.17) is 13.9 Å². The fourth-order valence-corrected chi connectivity index (χ4v) is 3.40. The molecule has 1 fully saturated rings. The lowest BCUT2D eigenvalue weighted by Crippen LogP contribution is -2.18. The highest BCUT2D eigenvalue weighted by Crippen LogP contribution is 2.46. The van der Waals surface area contributed by atoms with Crippen LogP contribution in [0.1, 0.15) is 38.7 Å². The van der Waals surface area contributed by atoms with Gasteiger partial charge in [0, 0.05) is 11.0 Å². The minimum atomic E-state index is -0.440. The molecule has 2 aromatic carbocycles. The van der Waals surface area contributed by atoms with Crippen molar-refractivity contribution in [3.63, 3.8) is 0 Å². The van der Waals surface area contributed by atoms with Gasteiger partial charge in [-0.05, 0) is 74.9 Å². The predicted octanol–water partition coefficient (Wildman–Crippen LogP) is 5.22. The second kappa shape index (κ2) is 9.06. The van der Waals surface area contributed by atoms with Crippen molar-refractivity contribution in [1.29, 1.82) is 0 Å². The van der Waals surface area contributed by atoms with Crippen LogP contribution in [0.2, 0.25) is 0 Å². The van der Waals surface area contributed by atoms with Gasteiger partial charge in [0.2, 0.25) is 0 Å². The normalized spacial score (nSPS) is 14.0. The Labute approximate surface area is 191 Å². The summed E-state index contributed by atoms with van der Waals surface area (Å²) >= 11 is 0. The van der Waals surface area contributed by atoms with Crippen LogP contribution in [0.25, 0.3) is 22.1 Å². The maximum absolute atomic E-state index is 12.6. The molecule has 0 atom stereocenters. The maximum Gasteiger partial charge on any atom is 0.344 e. The lowest BCUT2D eigenvalue weighted by atomic mass is 10.0. The van der Waals surface area contributed by atoms with Gasteiger partial charge < -0.3 is 13.9 Å². The number of aryl methyl sites for hydroxylation is 1. The summed E-state index contributed by atoms with van der Waals surface area (Å²) in [4.78, 5) is 36.2. The summed E-state index contributed by atoms with van der Waals surface area (Å²) in [6.07, 6.45) is 3.05. The predicted molar refractivity (Wildman–Crippen MR) is 125 cm³/mol. The second-order valence-corrected chi connectivity index (χ2v) is 8.81. The molecule has 1 saturated carbocycles. The third-order valence-corrected chi connectivity index (χ3v) is 5.86. The lowest BCUT2D eigenvalue weighted by Gasteiger charge is -2.09. The molecule has 0 saturated heterocycles. The average molecular weight is 446 g/mol. The third-order valence-electron chi connectivity index (χ3n) is 5.86. The quantitative estimate of drug-likeness (QED) is 0.155. The molecule has 33 heavy (non-hydrogen) atoms. The van der Waals surface area contributed by atoms with Gasteiger partial charge in [-0.1, -0.05) is 30.8 Å². The van der Waals surface area contributed by atoms with Crippen molar-refractivity contribution in [2.75, 3.05) is 6.61 Å². The van der Waals surface area contributed by atoms with E-state index in [1.165, 1.54) is 0 Å². The van der Waals surface area contributed by atoms with Gasteiger partial charge >= 0.3 is 17.6 Å². The number of carbonyl (C=O) groups excluding carboxylic acids is 2. The van der Waals surface area contributed by atoms with Crippen molar-refractivity contribution in [3.05, 3.63) is 76.7 Å². The molecule has 6 heteroatoms. The molecule has 3 aromatic rings. The van der Waals surface area contributed by atoms with Gasteiger partial charge in [0.25, 0.3) is 0 Å². The first-order chi connectivity index (χ1) is 15.7. The van der Waals surface area contributed by atoms with E-state index in [9.17, 15) is 14.4 Å². The Bertz CT molecular complexity index is 1280. The Balaban J connectivity index is 1.45. The number of hydrogen-bond donors (Lipinski definition) is 0. The molecule has 1 heterocycles. The largest absolute Gasteiger partial charge is 0.462 e. The monoisotopic (exact) mass is 446 g/mol. The Morgan fingerprint density at radius 2 is 1.82 bits per heavy atom. The SMILES string of the molecule is C=C(C)C(=O)OCCCc1ccc2cc(-c3ccc(OC(=O)C4(C)CC4)cc3)c(=O)oc2c1. The molecule has 0 bridgehead atoms. The van der Waals surface area contributed by atoms with Gasteiger partial charge in [0.05, 0.1) is 17.6 Å². The second-order valence-electron chi connectivity index (χ2n) is 8.81. The van der Waals surface area contributed by atoms with Crippen molar-refractivity contribution < 1.29 is 23.5 Å². The summed E-state index contributed by atoms with van der Waals surface area (Å²) in [7, 11) is 0. The van der Waals surface area contributed by atoms with Crippen LogP contribution in [0.3, 0.4) is 0 Å². The van der Waals surface area contributed by atoms with E-state index in [1.807, 2.05) is 25.1 Å². The molecular weight excluding hydrogens is 420 g/mol. The Hall–Kier alpha value is -3.67. The van der Waals surface area contributed by atoms with E-state index in [0.29, 0.717) is 47.5 Å². The molecule has 0 radical (unpaired) electrons. The Kier molecular flexibility index (Phi) is 6.18. The van der Waals surface area contributed by atoms with E-state index >= 15 is 0 Å². The first kappa shape index (κ1) is 22.5. The Morgan fingerprint density at radius 1 is 1.09 bits per heavy atom. The van der Waals surface area contributed by atoms with Gasteiger partial charge in [-0.25, -0.2) is 9.59 Å². The molecule has 0 amide bonds. The van der Waals surface area contributed by atoms with Gasteiger partial charge in [0.15, 0.2) is 0 Å². The van der Waals surface area contributed by atoms with Gasteiger partial charge in [0.1, 0.15) is 11.3 Å². The zero-order valence-corrected chi connectivity index (χ0v) is 18.8. The van der Waals surface area contributed by atoms with E-state index < -0.39 is 11.6 Å². The summed E-state index contributed by atoms with van der Waals surface area (Å²) in [6.45, 7) is 7.36. The summed E-state index contributed by atoms with van der Waals surface area (Å²) < 4.78 is 16.1. The molecule has 0 N–H and O–H groups in total. The minimum Gasteiger partial charge on any atom is -0.462 e. The van der Waals surface area contributed by atoms with Crippen LogP contribution in [0, 0.1) is 5.41 Å². The first-order valence-corrected chi connectivity index (χ1v) is 11.0. The van der Waals surface area contributed by atoms with Crippen molar-refractivity contribution in [2.24, 2.45) is 5.41 Å². The van der Waals surface area contributed by atoms with Crippen molar-refractivity contribution in [3.8, 4) is 16.9 Å². The number of hydrogen-bond acceptors (Lipinski definition) is 6. The minimum absolute atomic E-state index is 0.217. The Morgan fingerprint density at radius 3 is 2.48 bits per heavy atom. The fraction of sp³-hybridized carbons (Fsp3) is 0.296. The van der Waals surface area contributed by atoms with E-state index in [1.54, 1.807) is 37.3 Å². The van der Waals surface area contributed by atoms with Crippen LogP contribution in [0.5, 0.6) is 5.75 Å². The summed E-state index contributed by atoms with van der Waals surface area (Å²) in [6, 6.07) is 14.4. The first-order valence-electron chi connectivity index (χ1n) is 11.0. The van der Waals surface area contributed by atoms with Crippen LogP contribution in [0.15, 0.2) is 69.9 Å². The van der Waals surface area contributed by atoms with E-state index in [0.717, 1.165) is 23.8 Å². The van der Waals surface area contributed by atoms with Crippen LogP contribution < -0.4 is 10.4 Å². The number of esters is 2. The molecular formula is C27H26O6. The third kappa shape index (κ3) is 5.22. The standard InChI is InChI=1S/C27H26O6/c1-17(2)24(28)31-14-4-5-18-6-7-20-16-22(25(29)33-23(20)15-18)19-8-10-21(11-9-19)32-26(30)27(3)12-13-27/h6-11,15-16H,1,4-5,12-14H2,2-3H3. The van der Waals surface area contributed by atoms with Crippen LogP contribution in [0.4, 0.5) is 0 Å². The van der Waals surface area contributed by atoms with Crippen molar-refractivity contribution in [2.45, 2.75) is 39.5 Å². The maximum atomic E-state index is 12.6. The number of fused-ring (bicyclic) bond motifs is 1. The zero-order valence-electron chi connectivity index (χ0n) is 18.8. The molecule has 0 unspecified atom stereocenters. The summed E-state index contributed by atoms with van der Waals surface area (Å²) in [5.41, 5.74) is 2.20. The molecule has 6 nitrogen and oxygen atoms in total. The van der Waals surface area contributed by atoms with Gasteiger partial charge in [-0.15, -0.1) is 0 Å². The average Bonchev–Trinajstić information content (AvgIpc) is 3.55. The van der Waals surface area contributed by atoms with Crippen molar-refractivity contribution >= 4 is 22.9 Å². The molecule has 1 aliphatic carbocycles. The lowest BCUT2D eigenvalue weighted by molar-refractivity contribution is -0.140. The summed E-state index contributed by atoms with van der Waals surface area (Å²) in [5.74, 6) is -0.152. The smallest absolute Gasteiger partial charge is 0.344 e. The fourth-order valence-electron chi connectivity index (χ4n) is 3.40. The van der Waals surface area contributed by atoms with E-state index in [2.05, 4.69) is 6.58 Å². The van der Waals surface area contributed by atoms with Crippen LogP contribution >= 0.6 is 0 Å². The van der Waals surface area contributed by atoms with Crippen molar-refractivity contribution in [1.82, 2.24) is 0 Å². The van der Waals surface area contributed by atoms with Crippen LogP contribution in [-0.2, 0) is 20.7 Å². The molecule has 170 valence electrons. The highest BCUT2D eigenvalue weighted by Gasteiger charge is 2.46. The molecule has 1 aliphatic rings. The van der Waals surface area contributed by atoms with E-state index in [-0.39, 0.29) is 11.4 Å². The van der Waals surface area contributed by atoms with Gasteiger partial charge in [-0.2, -0.15) is 0 Å². The highest BCUT2D eigenvalue weighted by molar-refractivity contribution is 5.87. The number of ether oxygens (including phenoxy) is 2. The molecule has 4 rings (SSSR count). The highest BCUT2D eigenvalue weighted by atomic mass is 16.5. The number of benzene rings is 2. The molecule has 1 aromatic heterocycles. The topological polar surface area (TPSA) is 82.8 Å². The zero-order chi connectivity index (χ0) is 23.6. The summed E-state index contributed by atoms with van der Waals surface area (Å²) in [5, 5.41) is 0.805.